The quantitative estimate of drug-likeness (QED) is 0.579. The van der Waals surface area contributed by atoms with Crippen molar-refractivity contribution in [3.63, 3.8) is 0 Å². The van der Waals surface area contributed by atoms with Crippen LogP contribution in [0.25, 0.3) is 0 Å². The van der Waals surface area contributed by atoms with Gasteiger partial charge in [-0.15, -0.1) is 0 Å². The highest BCUT2D eigenvalue weighted by atomic mass is 19.4. The van der Waals surface area contributed by atoms with E-state index in [1.165, 1.54) is 24.5 Å². The standard InChI is InChI=1S/C24H24F3N5O2/c1-31-10-12-32(13-11-31)16-17-4-2-5-18(14-17)22(33)30-19-6-7-20(24(25,26)27)21(15-19)34-23-28-8-3-9-29-23/h2-9,14-15H,10-13,16H2,1H3,(H,30,33). The van der Waals surface area contributed by atoms with Gasteiger partial charge in [-0.3, -0.25) is 9.69 Å². The van der Waals surface area contributed by atoms with Crippen molar-refractivity contribution in [1.29, 1.82) is 0 Å². The maximum Gasteiger partial charge on any atom is 0.419 e. The number of nitrogens with one attached hydrogen (secondary N) is 1. The van der Waals surface area contributed by atoms with Crippen LogP contribution in [0.5, 0.6) is 11.8 Å². The molecule has 0 bridgehead atoms. The summed E-state index contributed by atoms with van der Waals surface area (Å²) in [5, 5.41) is 2.65. The average Bonchev–Trinajstić information content (AvgIpc) is 2.81. The number of amides is 1. The van der Waals surface area contributed by atoms with E-state index in [9.17, 15) is 18.0 Å². The third-order valence-electron chi connectivity index (χ3n) is 5.48. The Hall–Kier alpha value is -3.50. The van der Waals surface area contributed by atoms with E-state index in [0.717, 1.165) is 50.4 Å². The SMILES string of the molecule is CN1CCN(Cc2cccc(C(=O)Nc3ccc(C(F)(F)F)c(Oc4ncccn4)c3)c2)CC1. The lowest BCUT2D eigenvalue weighted by Gasteiger charge is -2.32. The lowest BCUT2D eigenvalue weighted by atomic mass is 10.1. The summed E-state index contributed by atoms with van der Waals surface area (Å²) in [6, 6.07) is 11.7. The minimum atomic E-state index is -4.65. The molecule has 0 unspecified atom stereocenters. The molecule has 1 fully saturated rings. The Morgan fingerprint density at radius 3 is 2.47 bits per heavy atom. The molecule has 4 rings (SSSR count). The molecular weight excluding hydrogens is 447 g/mol. The number of carbonyl (C=O) groups is 1. The van der Waals surface area contributed by atoms with E-state index < -0.39 is 23.4 Å². The van der Waals surface area contributed by atoms with Crippen LogP contribution in [-0.2, 0) is 12.7 Å². The van der Waals surface area contributed by atoms with Gasteiger partial charge in [-0.25, -0.2) is 9.97 Å². The molecule has 1 aliphatic rings. The van der Waals surface area contributed by atoms with Crippen molar-refractivity contribution in [2.75, 3.05) is 38.5 Å². The molecule has 10 heteroatoms. The smallest absolute Gasteiger partial charge is 0.419 e. The first-order valence-electron chi connectivity index (χ1n) is 10.8. The van der Waals surface area contributed by atoms with Gasteiger partial charge >= 0.3 is 12.2 Å². The van der Waals surface area contributed by atoms with Crippen molar-refractivity contribution in [3.05, 3.63) is 77.6 Å². The second kappa shape index (κ2) is 10.2. The molecule has 2 aromatic carbocycles. The first-order chi connectivity index (χ1) is 16.3. The van der Waals surface area contributed by atoms with Gasteiger partial charge in [0.25, 0.3) is 5.91 Å². The zero-order chi connectivity index (χ0) is 24.1. The third kappa shape index (κ3) is 6.09. The predicted molar refractivity (Wildman–Crippen MR) is 121 cm³/mol. The zero-order valence-electron chi connectivity index (χ0n) is 18.5. The van der Waals surface area contributed by atoms with Gasteiger partial charge in [0.1, 0.15) is 5.75 Å². The van der Waals surface area contributed by atoms with Crippen LogP contribution in [0.3, 0.4) is 0 Å². The first-order valence-corrected chi connectivity index (χ1v) is 10.8. The number of likely N-dealkylation sites (N-methyl/N-ethyl adjacent to an activating group) is 1. The predicted octanol–water partition coefficient (Wildman–Crippen LogP) is 4.29. The topological polar surface area (TPSA) is 70.6 Å². The van der Waals surface area contributed by atoms with Crippen molar-refractivity contribution >= 4 is 11.6 Å². The molecule has 1 aromatic heterocycles. The second-order valence-electron chi connectivity index (χ2n) is 8.08. The Labute approximate surface area is 195 Å². The molecule has 1 saturated heterocycles. The van der Waals surface area contributed by atoms with E-state index in [2.05, 4.69) is 32.1 Å². The molecule has 0 spiro atoms. The van der Waals surface area contributed by atoms with Gasteiger partial charge in [-0.1, -0.05) is 12.1 Å². The summed E-state index contributed by atoms with van der Waals surface area (Å²) in [5.74, 6) is -0.929. The lowest BCUT2D eigenvalue weighted by Crippen LogP contribution is -2.43. The number of ether oxygens (including phenoxy) is 1. The van der Waals surface area contributed by atoms with Crippen LogP contribution in [0.2, 0.25) is 0 Å². The third-order valence-corrected chi connectivity index (χ3v) is 5.48. The van der Waals surface area contributed by atoms with Crippen molar-refractivity contribution in [2.45, 2.75) is 12.7 Å². The lowest BCUT2D eigenvalue weighted by molar-refractivity contribution is -0.138. The Balaban J connectivity index is 1.50. The van der Waals surface area contributed by atoms with Crippen molar-refractivity contribution in [1.82, 2.24) is 19.8 Å². The minimum Gasteiger partial charge on any atom is -0.424 e. The molecule has 2 heterocycles. The van der Waals surface area contributed by atoms with Crippen LogP contribution in [0.15, 0.2) is 60.9 Å². The molecule has 0 saturated carbocycles. The van der Waals surface area contributed by atoms with Gasteiger partial charge in [-0.05, 0) is 42.9 Å². The highest BCUT2D eigenvalue weighted by Gasteiger charge is 2.35. The molecule has 7 nitrogen and oxygen atoms in total. The van der Waals surface area contributed by atoms with Gasteiger partial charge < -0.3 is 15.0 Å². The molecule has 1 aliphatic heterocycles. The Morgan fingerprint density at radius 1 is 1.03 bits per heavy atom. The van der Waals surface area contributed by atoms with Crippen LogP contribution >= 0.6 is 0 Å². The van der Waals surface area contributed by atoms with Crippen LogP contribution in [0.4, 0.5) is 18.9 Å². The number of piperazine rings is 1. The van der Waals surface area contributed by atoms with E-state index in [-0.39, 0.29) is 11.7 Å². The van der Waals surface area contributed by atoms with Crippen LogP contribution in [-0.4, -0.2) is 58.9 Å². The molecule has 178 valence electrons. The van der Waals surface area contributed by atoms with Gasteiger partial charge in [0, 0.05) is 62.4 Å². The number of anilines is 1. The maximum absolute atomic E-state index is 13.5. The number of hydrogen-bond acceptors (Lipinski definition) is 6. The van der Waals surface area contributed by atoms with Crippen LogP contribution < -0.4 is 10.1 Å². The number of rotatable bonds is 6. The van der Waals surface area contributed by atoms with E-state index >= 15 is 0 Å². The number of benzene rings is 2. The summed E-state index contributed by atoms with van der Waals surface area (Å²) in [5.41, 5.74) is 0.579. The monoisotopic (exact) mass is 471 g/mol. The summed E-state index contributed by atoms with van der Waals surface area (Å²) < 4.78 is 45.6. The summed E-state index contributed by atoms with van der Waals surface area (Å²) in [7, 11) is 2.09. The molecule has 0 radical (unpaired) electrons. The van der Waals surface area contributed by atoms with Gasteiger partial charge in [0.05, 0.1) is 5.56 Å². The van der Waals surface area contributed by atoms with Crippen LogP contribution in [0, 0.1) is 0 Å². The number of hydrogen-bond donors (Lipinski definition) is 1. The zero-order valence-corrected chi connectivity index (χ0v) is 18.5. The highest BCUT2D eigenvalue weighted by Crippen LogP contribution is 2.39. The Bertz CT molecular complexity index is 1130. The van der Waals surface area contributed by atoms with E-state index in [0.29, 0.717) is 5.56 Å². The van der Waals surface area contributed by atoms with Crippen molar-refractivity contribution < 1.29 is 22.7 Å². The van der Waals surface area contributed by atoms with Crippen molar-refractivity contribution in [2.24, 2.45) is 0 Å². The summed E-state index contributed by atoms with van der Waals surface area (Å²) in [4.78, 5) is 25.0. The second-order valence-corrected chi connectivity index (χ2v) is 8.08. The van der Waals surface area contributed by atoms with Crippen molar-refractivity contribution in [3.8, 4) is 11.8 Å². The van der Waals surface area contributed by atoms with E-state index in [1.54, 1.807) is 18.2 Å². The molecule has 3 aromatic rings. The summed E-state index contributed by atoms with van der Waals surface area (Å²) in [6.45, 7) is 4.61. The number of nitrogens with zero attached hydrogens (tertiary/aromatic N) is 4. The number of halogens is 3. The number of aromatic nitrogens is 2. The molecule has 1 amide bonds. The van der Waals surface area contributed by atoms with Crippen LogP contribution in [0.1, 0.15) is 21.5 Å². The van der Waals surface area contributed by atoms with E-state index in [4.69, 9.17) is 4.74 Å². The Morgan fingerprint density at radius 2 is 1.76 bits per heavy atom. The summed E-state index contributed by atoms with van der Waals surface area (Å²) >= 11 is 0. The fraction of sp³-hybridized carbons (Fsp3) is 0.292. The molecule has 0 atom stereocenters. The Kier molecular flexibility index (Phi) is 7.09. The fourth-order valence-corrected chi connectivity index (χ4v) is 3.63. The number of alkyl halides is 3. The summed E-state index contributed by atoms with van der Waals surface area (Å²) in [6.07, 6.45) is -1.93. The fourth-order valence-electron chi connectivity index (χ4n) is 3.63. The molecule has 1 N–H and O–H groups in total. The highest BCUT2D eigenvalue weighted by molar-refractivity contribution is 6.04. The molecule has 34 heavy (non-hydrogen) atoms. The van der Waals surface area contributed by atoms with Gasteiger partial charge in [-0.2, -0.15) is 13.2 Å². The molecule has 0 aliphatic carbocycles. The number of carbonyl (C=O) groups excluding carboxylic acids is 1. The minimum absolute atomic E-state index is 0.161. The molecular formula is C24H24F3N5O2. The maximum atomic E-state index is 13.5. The van der Waals surface area contributed by atoms with E-state index in [1.807, 2.05) is 6.07 Å². The van der Waals surface area contributed by atoms with Gasteiger partial charge in [0.2, 0.25) is 0 Å². The normalized spacial score (nSPS) is 15.2. The first kappa shape index (κ1) is 23.7. The largest absolute Gasteiger partial charge is 0.424 e. The average molecular weight is 471 g/mol. The van der Waals surface area contributed by atoms with Gasteiger partial charge in [0.15, 0.2) is 0 Å².